The fraction of sp³-hybridized carbons (Fsp3) is 0.107. The molecule has 34 heavy (non-hydrogen) atoms. The Labute approximate surface area is 207 Å². The van der Waals surface area contributed by atoms with Gasteiger partial charge in [0.1, 0.15) is 5.75 Å². The van der Waals surface area contributed by atoms with Gasteiger partial charge in [0.2, 0.25) is 0 Å². The number of halogens is 1. The van der Waals surface area contributed by atoms with Gasteiger partial charge in [-0.1, -0.05) is 69.6 Å². The average molecular weight is 514 g/mol. The van der Waals surface area contributed by atoms with E-state index in [1.54, 1.807) is 12.1 Å². The third-order valence-electron chi connectivity index (χ3n) is 5.81. The molecule has 0 saturated heterocycles. The summed E-state index contributed by atoms with van der Waals surface area (Å²) >= 11 is 3.50. The summed E-state index contributed by atoms with van der Waals surface area (Å²) in [6.07, 6.45) is -0.298. The number of amidine groups is 1. The first kappa shape index (κ1) is 22.0. The number of phenolic OH excluding ortho intramolecular Hbond substituents is 1. The van der Waals surface area contributed by atoms with E-state index in [1.807, 2.05) is 72.8 Å². The lowest BCUT2D eigenvalue weighted by Gasteiger charge is -2.29. The summed E-state index contributed by atoms with van der Waals surface area (Å²) < 4.78 is 1.03. The van der Waals surface area contributed by atoms with Gasteiger partial charge in [-0.05, 0) is 66.2 Å². The quantitative estimate of drug-likeness (QED) is 0.288. The summed E-state index contributed by atoms with van der Waals surface area (Å²) in [5.74, 6) is 0.955. The molecule has 1 aliphatic heterocycles. The second kappa shape index (κ2) is 10.0. The molecule has 0 fully saturated rings. The van der Waals surface area contributed by atoms with Crippen molar-refractivity contribution in [3.8, 4) is 5.75 Å². The molecule has 5 rings (SSSR count). The second-order valence-electron chi connectivity index (χ2n) is 8.07. The van der Waals surface area contributed by atoms with E-state index < -0.39 is 0 Å². The monoisotopic (exact) mass is 513 g/mol. The van der Waals surface area contributed by atoms with Gasteiger partial charge in [-0.2, -0.15) is 0 Å². The van der Waals surface area contributed by atoms with Crippen LogP contribution in [0.15, 0.2) is 119 Å². The summed E-state index contributed by atoms with van der Waals surface area (Å²) in [7, 11) is 0. The molecule has 0 aromatic heterocycles. The minimum atomic E-state index is -0.298. The normalized spacial score (nSPS) is 17.0. The third kappa shape index (κ3) is 4.77. The SMILES string of the molecule is Oc1ccc(C2ON=C(N(c3ccccc3)c3ccccc3)C2CNc2ccc(Br)cc2)cc1. The zero-order valence-corrected chi connectivity index (χ0v) is 20.0. The van der Waals surface area contributed by atoms with Crippen LogP contribution >= 0.6 is 15.9 Å². The van der Waals surface area contributed by atoms with E-state index in [4.69, 9.17) is 4.84 Å². The largest absolute Gasteiger partial charge is 0.508 e. The zero-order valence-electron chi connectivity index (χ0n) is 18.4. The molecule has 2 unspecified atom stereocenters. The van der Waals surface area contributed by atoms with E-state index in [0.29, 0.717) is 6.54 Å². The van der Waals surface area contributed by atoms with Gasteiger partial charge >= 0.3 is 0 Å². The van der Waals surface area contributed by atoms with Crippen LogP contribution in [0.5, 0.6) is 5.75 Å². The van der Waals surface area contributed by atoms with Crippen molar-refractivity contribution < 1.29 is 9.94 Å². The topological polar surface area (TPSA) is 57.1 Å². The summed E-state index contributed by atoms with van der Waals surface area (Å²) in [6.45, 7) is 0.613. The number of anilines is 3. The predicted molar refractivity (Wildman–Crippen MR) is 141 cm³/mol. The van der Waals surface area contributed by atoms with E-state index in [9.17, 15) is 5.11 Å². The smallest absolute Gasteiger partial charge is 0.164 e. The maximum atomic E-state index is 9.78. The first-order valence-electron chi connectivity index (χ1n) is 11.1. The number of aromatic hydroxyl groups is 1. The predicted octanol–water partition coefficient (Wildman–Crippen LogP) is 7.11. The van der Waals surface area contributed by atoms with Crippen molar-refractivity contribution in [3.63, 3.8) is 0 Å². The van der Waals surface area contributed by atoms with Gasteiger partial charge < -0.3 is 15.3 Å². The van der Waals surface area contributed by atoms with Gasteiger partial charge in [0.15, 0.2) is 11.9 Å². The number of rotatable bonds is 6. The molecule has 170 valence electrons. The van der Waals surface area contributed by atoms with Crippen molar-refractivity contribution in [2.45, 2.75) is 6.10 Å². The van der Waals surface area contributed by atoms with Gasteiger partial charge in [-0.15, -0.1) is 0 Å². The van der Waals surface area contributed by atoms with Crippen molar-refractivity contribution in [2.75, 3.05) is 16.8 Å². The number of hydrogen-bond acceptors (Lipinski definition) is 5. The molecule has 2 atom stereocenters. The lowest BCUT2D eigenvalue weighted by atomic mass is 9.93. The molecule has 0 aliphatic carbocycles. The molecule has 0 amide bonds. The summed E-state index contributed by atoms with van der Waals surface area (Å²) in [5, 5.41) is 17.9. The van der Waals surface area contributed by atoms with Gasteiger partial charge in [0, 0.05) is 28.1 Å². The van der Waals surface area contributed by atoms with E-state index in [0.717, 1.165) is 32.9 Å². The highest BCUT2D eigenvalue weighted by atomic mass is 79.9. The first-order chi connectivity index (χ1) is 16.7. The minimum Gasteiger partial charge on any atom is -0.508 e. The van der Waals surface area contributed by atoms with Crippen LogP contribution in [-0.2, 0) is 4.84 Å². The maximum Gasteiger partial charge on any atom is 0.164 e. The van der Waals surface area contributed by atoms with Crippen LogP contribution in [0.2, 0.25) is 0 Å². The van der Waals surface area contributed by atoms with Crippen LogP contribution in [0.4, 0.5) is 17.1 Å². The molecule has 0 spiro atoms. The van der Waals surface area contributed by atoms with E-state index >= 15 is 0 Å². The van der Waals surface area contributed by atoms with Gasteiger partial charge in [0.05, 0.1) is 5.92 Å². The maximum absolute atomic E-state index is 9.78. The molecule has 2 N–H and O–H groups in total. The highest BCUT2D eigenvalue weighted by molar-refractivity contribution is 9.10. The Bertz CT molecular complexity index is 1210. The minimum absolute atomic E-state index is 0.0893. The lowest BCUT2D eigenvalue weighted by molar-refractivity contribution is 0.0640. The fourth-order valence-corrected chi connectivity index (χ4v) is 4.38. The highest BCUT2D eigenvalue weighted by Gasteiger charge is 2.39. The highest BCUT2D eigenvalue weighted by Crippen LogP contribution is 2.39. The van der Waals surface area contributed by atoms with Crippen molar-refractivity contribution in [1.29, 1.82) is 0 Å². The van der Waals surface area contributed by atoms with Crippen LogP contribution in [0, 0.1) is 5.92 Å². The molecule has 0 radical (unpaired) electrons. The van der Waals surface area contributed by atoms with Crippen LogP contribution in [0.3, 0.4) is 0 Å². The van der Waals surface area contributed by atoms with Crippen molar-refractivity contribution in [2.24, 2.45) is 11.1 Å². The van der Waals surface area contributed by atoms with Crippen molar-refractivity contribution in [3.05, 3.63) is 119 Å². The Kier molecular flexibility index (Phi) is 6.49. The standard InChI is InChI=1S/C28H24BrN3O2/c29-21-13-15-22(16-14-21)30-19-26-27(20-11-17-25(33)18-12-20)34-31-28(26)32(23-7-3-1-4-8-23)24-9-5-2-6-10-24/h1-18,26-27,30,33H,19H2. The number of para-hydroxylation sites is 2. The number of nitrogens with one attached hydrogen (secondary N) is 1. The summed E-state index contributed by atoms with van der Waals surface area (Å²) in [6, 6.07) is 35.6. The summed E-state index contributed by atoms with van der Waals surface area (Å²) in [5.41, 5.74) is 4.00. The van der Waals surface area contributed by atoms with Crippen LogP contribution < -0.4 is 10.2 Å². The number of benzene rings is 4. The fourth-order valence-electron chi connectivity index (χ4n) is 4.11. The molecular weight excluding hydrogens is 490 g/mol. The molecule has 4 aromatic carbocycles. The Hall–Kier alpha value is -3.77. The first-order valence-corrected chi connectivity index (χ1v) is 11.9. The van der Waals surface area contributed by atoms with E-state index in [1.165, 1.54) is 0 Å². The molecule has 1 aliphatic rings. The Morgan fingerprint density at radius 3 is 1.97 bits per heavy atom. The molecule has 0 saturated carbocycles. The molecule has 4 aromatic rings. The molecule has 5 nitrogen and oxygen atoms in total. The van der Waals surface area contributed by atoms with Gasteiger partial charge in [-0.25, -0.2) is 0 Å². The lowest BCUT2D eigenvalue weighted by Crippen LogP contribution is -2.36. The van der Waals surface area contributed by atoms with Crippen molar-refractivity contribution >= 4 is 38.8 Å². The van der Waals surface area contributed by atoms with Crippen LogP contribution in [0.25, 0.3) is 0 Å². The molecular formula is C28H24BrN3O2. The van der Waals surface area contributed by atoms with Crippen LogP contribution in [-0.4, -0.2) is 17.5 Å². The van der Waals surface area contributed by atoms with Crippen molar-refractivity contribution in [1.82, 2.24) is 0 Å². The second-order valence-corrected chi connectivity index (χ2v) is 8.98. The van der Waals surface area contributed by atoms with Gasteiger partial charge in [-0.3, -0.25) is 4.90 Å². The molecule has 6 heteroatoms. The Balaban J connectivity index is 1.52. The summed E-state index contributed by atoms with van der Waals surface area (Å²) in [4.78, 5) is 8.20. The number of nitrogens with zero attached hydrogens (tertiary/aromatic N) is 2. The zero-order chi connectivity index (χ0) is 23.3. The van der Waals surface area contributed by atoms with E-state index in [2.05, 4.69) is 55.6 Å². The van der Waals surface area contributed by atoms with Crippen LogP contribution in [0.1, 0.15) is 11.7 Å². The molecule has 1 heterocycles. The van der Waals surface area contributed by atoms with E-state index in [-0.39, 0.29) is 17.8 Å². The number of phenols is 1. The third-order valence-corrected chi connectivity index (χ3v) is 6.34. The van der Waals surface area contributed by atoms with Gasteiger partial charge in [0.25, 0.3) is 0 Å². The Morgan fingerprint density at radius 2 is 1.38 bits per heavy atom. The number of hydrogen-bond donors (Lipinski definition) is 2. The molecule has 0 bridgehead atoms. The Morgan fingerprint density at radius 1 is 0.794 bits per heavy atom. The average Bonchev–Trinajstić information content (AvgIpc) is 3.29. The number of oxime groups is 1.